The number of aryl methyl sites for hydroxylation is 2. The van der Waals surface area contributed by atoms with Gasteiger partial charge in [0.1, 0.15) is 11.6 Å². The molecule has 1 N–H and O–H groups in total. The summed E-state index contributed by atoms with van der Waals surface area (Å²) >= 11 is 0. The minimum absolute atomic E-state index is 0. The lowest BCUT2D eigenvalue weighted by Gasteiger charge is -2.11. The van der Waals surface area contributed by atoms with Crippen molar-refractivity contribution in [2.75, 3.05) is 12.4 Å². The summed E-state index contributed by atoms with van der Waals surface area (Å²) in [6.07, 6.45) is 0. The van der Waals surface area contributed by atoms with Crippen molar-refractivity contribution in [3.8, 4) is 5.75 Å². The first kappa shape index (κ1) is 15.4. The maximum atomic E-state index is 5.33. The van der Waals surface area contributed by atoms with Crippen LogP contribution in [0, 0.1) is 6.92 Å². The van der Waals surface area contributed by atoms with E-state index < -0.39 is 0 Å². The van der Waals surface area contributed by atoms with Crippen molar-refractivity contribution >= 4 is 18.2 Å². The van der Waals surface area contributed by atoms with Gasteiger partial charge in [-0.3, -0.25) is 0 Å². The van der Waals surface area contributed by atoms with Crippen molar-refractivity contribution in [3.63, 3.8) is 0 Å². The van der Waals surface area contributed by atoms with Crippen molar-refractivity contribution < 1.29 is 4.74 Å². The fraction of sp³-hybridized carbons (Fsp3) is 0.357. The Morgan fingerprint density at radius 2 is 2.05 bits per heavy atom. The second-order valence-corrected chi connectivity index (χ2v) is 4.15. The summed E-state index contributed by atoms with van der Waals surface area (Å²) in [6.45, 7) is 5.68. The molecule has 0 unspecified atom stereocenters. The highest BCUT2D eigenvalue weighted by Crippen LogP contribution is 2.19. The molecule has 0 atom stereocenters. The molecule has 5 heteroatoms. The van der Waals surface area contributed by atoms with E-state index in [0.717, 1.165) is 35.9 Å². The summed E-state index contributed by atoms with van der Waals surface area (Å²) in [5, 5.41) is 7.80. The number of nitrogens with one attached hydrogen (secondary N) is 1. The second-order valence-electron chi connectivity index (χ2n) is 4.15. The van der Waals surface area contributed by atoms with Gasteiger partial charge >= 0.3 is 0 Å². The molecule has 0 radical (unpaired) electrons. The first-order valence-corrected chi connectivity index (χ1v) is 6.14. The van der Waals surface area contributed by atoms with Crippen LogP contribution >= 0.6 is 12.4 Å². The van der Waals surface area contributed by atoms with E-state index in [1.807, 2.05) is 29.8 Å². The van der Waals surface area contributed by atoms with Gasteiger partial charge in [-0.05, 0) is 19.9 Å². The van der Waals surface area contributed by atoms with E-state index in [2.05, 4.69) is 29.5 Å². The Balaban J connectivity index is 0.00000180. The lowest BCUT2D eigenvalue weighted by atomic mass is 10.2. The Labute approximate surface area is 120 Å². The number of halogens is 1. The highest BCUT2D eigenvalue weighted by Gasteiger charge is 2.05. The van der Waals surface area contributed by atoms with Gasteiger partial charge in [0.25, 0.3) is 0 Å². The number of aromatic nitrogens is 2. The van der Waals surface area contributed by atoms with Crippen LogP contribution in [-0.2, 0) is 13.1 Å². The van der Waals surface area contributed by atoms with Crippen molar-refractivity contribution in [1.29, 1.82) is 0 Å². The molecule has 2 rings (SSSR count). The molecule has 1 aromatic carbocycles. The van der Waals surface area contributed by atoms with Crippen LogP contribution in [0.15, 0.2) is 30.3 Å². The highest BCUT2D eigenvalue weighted by atomic mass is 35.5. The maximum Gasteiger partial charge on any atom is 0.124 e. The summed E-state index contributed by atoms with van der Waals surface area (Å²) < 4.78 is 7.30. The predicted octanol–water partition coefficient (Wildman–Crippen LogP) is 3.25. The van der Waals surface area contributed by atoms with Crippen LogP contribution in [0.2, 0.25) is 0 Å². The summed E-state index contributed by atoms with van der Waals surface area (Å²) in [5.74, 6) is 1.95. The molecule has 1 heterocycles. The normalized spacial score (nSPS) is 9.84. The molecule has 1 aromatic heterocycles. The van der Waals surface area contributed by atoms with Gasteiger partial charge in [-0.2, -0.15) is 5.10 Å². The second kappa shape index (κ2) is 7.04. The average molecular weight is 282 g/mol. The topological polar surface area (TPSA) is 39.1 Å². The number of nitrogens with zero attached hydrogens (tertiary/aromatic N) is 2. The van der Waals surface area contributed by atoms with Crippen molar-refractivity contribution in [3.05, 3.63) is 41.6 Å². The number of hydrogen-bond donors (Lipinski definition) is 1. The minimum Gasteiger partial charge on any atom is -0.496 e. The van der Waals surface area contributed by atoms with E-state index >= 15 is 0 Å². The Morgan fingerprint density at radius 1 is 1.32 bits per heavy atom. The Hall–Kier alpha value is -1.68. The van der Waals surface area contributed by atoms with E-state index in [9.17, 15) is 0 Å². The summed E-state index contributed by atoms with van der Waals surface area (Å²) in [6, 6.07) is 10.1. The van der Waals surface area contributed by atoms with Crippen LogP contribution in [0.1, 0.15) is 18.2 Å². The third-order valence-electron chi connectivity index (χ3n) is 2.85. The third kappa shape index (κ3) is 3.64. The lowest BCUT2D eigenvalue weighted by molar-refractivity contribution is 0.410. The van der Waals surface area contributed by atoms with Gasteiger partial charge in [-0.15, -0.1) is 12.4 Å². The van der Waals surface area contributed by atoms with Gasteiger partial charge in [0, 0.05) is 24.7 Å². The number of benzene rings is 1. The highest BCUT2D eigenvalue weighted by molar-refractivity contribution is 5.85. The Morgan fingerprint density at radius 3 is 2.74 bits per heavy atom. The minimum atomic E-state index is 0. The fourth-order valence-electron chi connectivity index (χ4n) is 1.96. The Bertz CT molecular complexity index is 525. The van der Waals surface area contributed by atoms with Gasteiger partial charge in [0.05, 0.1) is 12.8 Å². The quantitative estimate of drug-likeness (QED) is 0.914. The fourth-order valence-corrected chi connectivity index (χ4v) is 1.96. The summed E-state index contributed by atoms with van der Waals surface area (Å²) in [4.78, 5) is 0. The molecule has 0 bridgehead atoms. The van der Waals surface area contributed by atoms with Gasteiger partial charge in [0.15, 0.2) is 0 Å². The zero-order chi connectivity index (χ0) is 13.0. The van der Waals surface area contributed by atoms with E-state index in [1.54, 1.807) is 7.11 Å². The van der Waals surface area contributed by atoms with E-state index in [-0.39, 0.29) is 12.4 Å². The first-order chi connectivity index (χ1) is 8.74. The number of anilines is 1. The standard InChI is InChI=1S/C14H19N3O.ClH/c1-4-17-14(9-11(2)16-17)15-10-12-7-5-6-8-13(12)18-3;/h5-9,15H,4,10H2,1-3H3;1H. The molecule has 4 nitrogen and oxygen atoms in total. The maximum absolute atomic E-state index is 5.33. The molecular formula is C14H20ClN3O. The molecule has 0 fully saturated rings. The first-order valence-electron chi connectivity index (χ1n) is 6.14. The molecule has 104 valence electrons. The Kier molecular flexibility index (Phi) is 5.70. The van der Waals surface area contributed by atoms with Gasteiger partial charge in [0.2, 0.25) is 0 Å². The van der Waals surface area contributed by atoms with Crippen molar-refractivity contribution in [2.24, 2.45) is 0 Å². The molecule has 0 saturated carbocycles. The van der Waals surface area contributed by atoms with Crippen molar-refractivity contribution in [2.45, 2.75) is 26.9 Å². The van der Waals surface area contributed by atoms with Crippen molar-refractivity contribution in [1.82, 2.24) is 9.78 Å². The molecule has 0 saturated heterocycles. The largest absolute Gasteiger partial charge is 0.496 e. The monoisotopic (exact) mass is 281 g/mol. The van der Waals surface area contributed by atoms with Crippen LogP contribution in [0.4, 0.5) is 5.82 Å². The zero-order valence-electron chi connectivity index (χ0n) is 11.5. The van der Waals surface area contributed by atoms with E-state index in [0.29, 0.717) is 0 Å². The molecule has 0 aliphatic rings. The number of methoxy groups -OCH3 is 1. The van der Waals surface area contributed by atoms with E-state index in [4.69, 9.17) is 4.74 Å². The summed E-state index contributed by atoms with van der Waals surface area (Å²) in [5.41, 5.74) is 2.17. The van der Waals surface area contributed by atoms with Gasteiger partial charge in [-0.25, -0.2) is 4.68 Å². The van der Waals surface area contributed by atoms with Crippen LogP contribution in [0.3, 0.4) is 0 Å². The van der Waals surface area contributed by atoms with Crippen LogP contribution in [0.25, 0.3) is 0 Å². The molecule has 0 aliphatic carbocycles. The predicted molar refractivity (Wildman–Crippen MR) is 80.2 cm³/mol. The smallest absolute Gasteiger partial charge is 0.124 e. The van der Waals surface area contributed by atoms with Gasteiger partial charge in [-0.1, -0.05) is 18.2 Å². The number of ether oxygens (including phenoxy) is 1. The number of para-hydroxylation sites is 1. The molecule has 0 spiro atoms. The summed E-state index contributed by atoms with van der Waals surface area (Å²) in [7, 11) is 1.69. The van der Waals surface area contributed by atoms with Crippen LogP contribution < -0.4 is 10.1 Å². The number of hydrogen-bond acceptors (Lipinski definition) is 3. The molecule has 0 aliphatic heterocycles. The average Bonchev–Trinajstić information content (AvgIpc) is 2.77. The molecule has 0 amide bonds. The van der Waals surface area contributed by atoms with E-state index in [1.165, 1.54) is 0 Å². The SMILES string of the molecule is CCn1nc(C)cc1NCc1ccccc1OC.Cl. The third-order valence-corrected chi connectivity index (χ3v) is 2.85. The zero-order valence-corrected chi connectivity index (χ0v) is 12.3. The molecule has 19 heavy (non-hydrogen) atoms. The molecular weight excluding hydrogens is 262 g/mol. The molecule has 2 aromatic rings. The lowest BCUT2D eigenvalue weighted by Crippen LogP contribution is -2.07. The van der Waals surface area contributed by atoms with Crippen LogP contribution in [0.5, 0.6) is 5.75 Å². The number of rotatable bonds is 5. The van der Waals surface area contributed by atoms with Crippen LogP contribution in [-0.4, -0.2) is 16.9 Å². The van der Waals surface area contributed by atoms with Gasteiger partial charge < -0.3 is 10.1 Å².